The van der Waals surface area contributed by atoms with Crippen molar-refractivity contribution >= 4 is 15.9 Å². The van der Waals surface area contributed by atoms with Crippen LogP contribution in [0.4, 0.5) is 4.39 Å². The Morgan fingerprint density at radius 2 is 1.65 bits per heavy atom. The van der Waals surface area contributed by atoms with Crippen LogP contribution in [-0.4, -0.2) is 49.7 Å². The van der Waals surface area contributed by atoms with Crippen molar-refractivity contribution in [3.05, 3.63) is 65.5 Å². The summed E-state index contributed by atoms with van der Waals surface area (Å²) in [6, 6.07) is 12.6. The molecule has 0 unspecified atom stereocenters. The highest BCUT2D eigenvalue weighted by Crippen LogP contribution is 2.19. The molecule has 2 aromatic rings. The van der Waals surface area contributed by atoms with E-state index in [2.05, 4.69) is 0 Å². The maximum atomic E-state index is 13.9. The van der Waals surface area contributed by atoms with Crippen molar-refractivity contribution in [3.63, 3.8) is 0 Å². The van der Waals surface area contributed by atoms with Gasteiger partial charge in [0, 0.05) is 26.2 Å². The first-order chi connectivity index (χ1) is 12.4. The molecule has 0 aromatic heterocycles. The minimum atomic E-state index is -3.60. The van der Waals surface area contributed by atoms with Crippen molar-refractivity contribution in [2.45, 2.75) is 18.2 Å². The average molecular weight is 376 g/mol. The summed E-state index contributed by atoms with van der Waals surface area (Å²) < 4.78 is 40.9. The Labute approximate surface area is 153 Å². The molecular weight excluding hydrogens is 355 g/mol. The van der Waals surface area contributed by atoms with E-state index in [9.17, 15) is 17.6 Å². The monoisotopic (exact) mass is 376 g/mol. The summed E-state index contributed by atoms with van der Waals surface area (Å²) in [4.78, 5) is 14.3. The molecule has 1 aliphatic rings. The Morgan fingerprint density at radius 1 is 0.962 bits per heavy atom. The predicted octanol–water partition coefficient (Wildman–Crippen LogP) is 2.67. The van der Waals surface area contributed by atoms with Crippen molar-refractivity contribution in [3.8, 4) is 0 Å². The first-order valence-corrected chi connectivity index (χ1v) is 9.94. The van der Waals surface area contributed by atoms with E-state index in [4.69, 9.17) is 0 Å². The van der Waals surface area contributed by atoms with Gasteiger partial charge in [0.2, 0.25) is 10.0 Å². The smallest absolute Gasteiger partial charge is 0.256 e. The fraction of sp³-hybridized carbons (Fsp3) is 0.316. The van der Waals surface area contributed by atoms with Gasteiger partial charge in [-0.05, 0) is 37.6 Å². The molecule has 0 radical (unpaired) electrons. The van der Waals surface area contributed by atoms with Gasteiger partial charge >= 0.3 is 0 Å². The first kappa shape index (κ1) is 18.5. The van der Waals surface area contributed by atoms with E-state index in [0.29, 0.717) is 19.5 Å². The molecule has 1 aliphatic heterocycles. The first-order valence-electron chi connectivity index (χ1n) is 8.50. The molecule has 0 spiro atoms. The Balaban J connectivity index is 1.75. The molecular formula is C19H21FN2O3S. The van der Waals surface area contributed by atoms with Gasteiger partial charge in [-0.1, -0.05) is 29.8 Å². The summed E-state index contributed by atoms with van der Waals surface area (Å²) in [7, 11) is -3.60. The number of hydrogen-bond donors (Lipinski definition) is 0. The molecule has 1 heterocycles. The molecule has 1 amide bonds. The van der Waals surface area contributed by atoms with Crippen LogP contribution in [0.2, 0.25) is 0 Å². The van der Waals surface area contributed by atoms with Crippen molar-refractivity contribution < 1.29 is 17.6 Å². The molecule has 0 saturated carbocycles. The Hall–Kier alpha value is -2.25. The third-order valence-corrected chi connectivity index (χ3v) is 6.42. The SMILES string of the molecule is Cc1ccc(S(=O)(=O)N2CCCN(C(=O)c3ccccc3F)CC2)cc1. The maximum absolute atomic E-state index is 13.9. The van der Waals surface area contributed by atoms with E-state index >= 15 is 0 Å². The van der Waals surface area contributed by atoms with Crippen LogP contribution in [0.1, 0.15) is 22.3 Å². The van der Waals surface area contributed by atoms with Crippen molar-refractivity contribution in [1.82, 2.24) is 9.21 Å². The van der Waals surface area contributed by atoms with Crippen LogP contribution < -0.4 is 0 Å². The molecule has 2 aromatic carbocycles. The highest BCUT2D eigenvalue weighted by molar-refractivity contribution is 7.89. The molecule has 138 valence electrons. The Kier molecular flexibility index (Phi) is 5.38. The van der Waals surface area contributed by atoms with E-state index in [1.165, 1.54) is 27.4 Å². The van der Waals surface area contributed by atoms with Gasteiger partial charge in [-0.2, -0.15) is 4.31 Å². The van der Waals surface area contributed by atoms with Gasteiger partial charge in [0.25, 0.3) is 5.91 Å². The lowest BCUT2D eigenvalue weighted by atomic mass is 10.2. The van der Waals surface area contributed by atoms with E-state index in [-0.39, 0.29) is 23.5 Å². The van der Waals surface area contributed by atoms with Crippen LogP contribution in [0.25, 0.3) is 0 Å². The Morgan fingerprint density at radius 3 is 2.35 bits per heavy atom. The van der Waals surface area contributed by atoms with Gasteiger partial charge in [-0.3, -0.25) is 4.79 Å². The topological polar surface area (TPSA) is 57.7 Å². The highest BCUT2D eigenvalue weighted by atomic mass is 32.2. The van der Waals surface area contributed by atoms with Crippen LogP contribution in [-0.2, 0) is 10.0 Å². The lowest BCUT2D eigenvalue weighted by molar-refractivity contribution is 0.0759. The summed E-state index contributed by atoms with van der Waals surface area (Å²) in [5.41, 5.74) is 1.00. The van der Waals surface area contributed by atoms with Crippen LogP contribution in [0, 0.1) is 12.7 Å². The molecule has 26 heavy (non-hydrogen) atoms. The fourth-order valence-electron chi connectivity index (χ4n) is 3.00. The number of amides is 1. The molecule has 1 fully saturated rings. The molecule has 1 saturated heterocycles. The summed E-state index contributed by atoms with van der Waals surface area (Å²) in [6.07, 6.45) is 0.505. The molecule has 5 nitrogen and oxygen atoms in total. The van der Waals surface area contributed by atoms with Crippen LogP contribution in [0.3, 0.4) is 0 Å². The van der Waals surface area contributed by atoms with Crippen molar-refractivity contribution in [1.29, 1.82) is 0 Å². The summed E-state index contributed by atoms with van der Waals surface area (Å²) in [6.45, 7) is 3.05. The van der Waals surface area contributed by atoms with E-state index in [0.717, 1.165) is 5.56 Å². The number of hydrogen-bond acceptors (Lipinski definition) is 3. The number of rotatable bonds is 3. The van der Waals surface area contributed by atoms with Gasteiger partial charge in [0.05, 0.1) is 10.5 Å². The minimum absolute atomic E-state index is 0.0161. The standard InChI is InChI=1S/C19H21FN2O3S/c1-15-7-9-16(10-8-15)26(24,25)22-12-4-11-21(13-14-22)19(23)17-5-2-3-6-18(17)20/h2-3,5-10H,4,11-14H2,1H3. The van der Waals surface area contributed by atoms with Crippen molar-refractivity contribution in [2.24, 2.45) is 0 Å². The second-order valence-electron chi connectivity index (χ2n) is 6.34. The quantitative estimate of drug-likeness (QED) is 0.828. The zero-order valence-electron chi connectivity index (χ0n) is 14.6. The second-order valence-corrected chi connectivity index (χ2v) is 8.28. The van der Waals surface area contributed by atoms with Crippen LogP contribution >= 0.6 is 0 Å². The molecule has 0 atom stereocenters. The van der Waals surface area contributed by atoms with Gasteiger partial charge < -0.3 is 4.90 Å². The van der Waals surface area contributed by atoms with Gasteiger partial charge in [-0.25, -0.2) is 12.8 Å². The third-order valence-electron chi connectivity index (χ3n) is 4.51. The van der Waals surface area contributed by atoms with Crippen LogP contribution in [0.15, 0.2) is 53.4 Å². The lowest BCUT2D eigenvalue weighted by Gasteiger charge is -2.22. The zero-order chi connectivity index (χ0) is 18.7. The molecule has 7 heteroatoms. The highest BCUT2D eigenvalue weighted by Gasteiger charge is 2.29. The summed E-state index contributed by atoms with van der Waals surface area (Å²) in [5.74, 6) is -0.969. The third kappa shape index (κ3) is 3.78. The lowest BCUT2D eigenvalue weighted by Crippen LogP contribution is -2.37. The molecule has 0 bridgehead atoms. The van der Waals surface area contributed by atoms with E-state index in [1.54, 1.807) is 30.3 Å². The van der Waals surface area contributed by atoms with Gasteiger partial charge in [-0.15, -0.1) is 0 Å². The second kappa shape index (κ2) is 7.55. The van der Waals surface area contributed by atoms with Gasteiger partial charge in [0.1, 0.15) is 5.82 Å². The fourth-order valence-corrected chi connectivity index (χ4v) is 4.47. The summed E-state index contributed by atoms with van der Waals surface area (Å²) >= 11 is 0. The number of nitrogens with zero attached hydrogens (tertiary/aromatic N) is 2. The maximum Gasteiger partial charge on any atom is 0.256 e. The number of halogens is 1. The van der Waals surface area contributed by atoms with Crippen LogP contribution in [0.5, 0.6) is 0 Å². The number of aryl methyl sites for hydroxylation is 1. The number of carbonyl (C=O) groups is 1. The molecule has 0 N–H and O–H groups in total. The average Bonchev–Trinajstić information content (AvgIpc) is 2.89. The van der Waals surface area contributed by atoms with Gasteiger partial charge in [0.15, 0.2) is 0 Å². The number of sulfonamides is 1. The van der Waals surface area contributed by atoms with E-state index < -0.39 is 21.7 Å². The minimum Gasteiger partial charge on any atom is -0.337 e. The predicted molar refractivity (Wildman–Crippen MR) is 96.9 cm³/mol. The number of benzene rings is 2. The normalized spacial score (nSPS) is 16.3. The number of carbonyl (C=O) groups excluding carboxylic acids is 1. The Bertz CT molecular complexity index is 897. The van der Waals surface area contributed by atoms with E-state index in [1.807, 2.05) is 6.92 Å². The zero-order valence-corrected chi connectivity index (χ0v) is 15.4. The molecule has 3 rings (SSSR count). The summed E-state index contributed by atoms with van der Waals surface area (Å²) in [5, 5.41) is 0. The largest absolute Gasteiger partial charge is 0.337 e. The van der Waals surface area contributed by atoms with Crippen molar-refractivity contribution in [2.75, 3.05) is 26.2 Å². The molecule has 0 aliphatic carbocycles.